The second kappa shape index (κ2) is 8.45. The highest BCUT2D eigenvalue weighted by Gasteiger charge is 2.60. The van der Waals surface area contributed by atoms with Gasteiger partial charge in [-0.3, -0.25) is 14.6 Å². The lowest BCUT2D eigenvalue weighted by Crippen LogP contribution is -2.58. The number of hydrogen-bond donors (Lipinski definition) is 2. The number of carbonyl (C=O) groups excluding carboxylic acids is 1. The molecule has 1 unspecified atom stereocenters. The lowest BCUT2D eigenvalue weighted by Gasteiger charge is -2.67. The highest BCUT2D eigenvalue weighted by Crippen LogP contribution is 2.69. The Kier molecular flexibility index (Phi) is 6.14. The summed E-state index contributed by atoms with van der Waals surface area (Å²) in [6, 6.07) is 3.58. The molecule has 2 aliphatic rings. The van der Waals surface area contributed by atoms with Crippen LogP contribution in [0.25, 0.3) is 0 Å². The van der Waals surface area contributed by atoms with Crippen LogP contribution in [0, 0.1) is 16.7 Å². The fourth-order valence-electron chi connectivity index (χ4n) is 5.05. The summed E-state index contributed by atoms with van der Waals surface area (Å²) in [4.78, 5) is 27.6. The van der Waals surface area contributed by atoms with E-state index in [9.17, 15) is 9.59 Å². The van der Waals surface area contributed by atoms with Crippen molar-refractivity contribution in [3.63, 3.8) is 0 Å². The summed E-state index contributed by atoms with van der Waals surface area (Å²) in [6.45, 7) is 7.42. The van der Waals surface area contributed by atoms with E-state index >= 15 is 0 Å². The third-order valence-corrected chi connectivity index (χ3v) is 6.41. The first kappa shape index (κ1) is 21.8. The fraction of sp³-hybridized carbons (Fsp3) is 0.545. The number of fused-ring (bicyclic) bond motifs is 1. The molecular weight excluding hydrogens is 382 g/mol. The quantitative estimate of drug-likeness (QED) is 0.778. The maximum atomic E-state index is 11.9. The van der Waals surface area contributed by atoms with Gasteiger partial charge in [-0.2, -0.15) is 5.10 Å². The van der Waals surface area contributed by atoms with Crippen molar-refractivity contribution in [2.45, 2.75) is 53.1 Å². The summed E-state index contributed by atoms with van der Waals surface area (Å²) >= 11 is 0. The molecular formula is C22H31N5O3. The zero-order valence-corrected chi connectivity index (χ0v) is 18.1. The van der Waals surface area contributed by atoms with E-state index in [0.717, 1.165) is 21.6 Å². The van der Waals surface area contributed by atoms with Gasteiger partial charge in [0.2, 0.25) is 11.7 Å². The summed E-state index contributed by atoms with van der Waals surface area (Å²) in [5.74, 6) is 0.713. The molecule has 0 aliphatic heterocycles. The molecule has 2 heterocycles. The predicted octanol–water partition coefficient (Wildman–Crippen LogP) is 2.38. The number of methoxy groups -OCH3 is 1. The fourth-order valence-corrected chi connectivity index (χ4v) is 5.05. The molecule has 0 bridgehead atoms. The largest absolute Gasteiger partial charge is 0.490 e. The highest BCUT2D eigenvalue weighted by molar-refractivity contribution is 5.75. The first-order valence-corrected chi connectivity index (χ1v) is 10.2. The van der Waals surface area contributed by atoms with Crippen molar-refractivity contribution >= 4 is 11.6 Å². The molecule has 0 spiro atoms. The van der Waals surface area contributed by atoms with Crippen LogP contribution in [0.4, 0.5) is 5.69 Å². The lowest BCUT2D eigenvalue weighted by atomic mass is 9.38. The van der Waals surface area contributed by atoms with Crippen molar-refractivity contribution in [1.29, 1.82) is 0 Å². The van der Waals surface area contributed by atoms with Crippen LogP contribution in [0.2, 0.25) is 0 Å². The van der Waals surface area contributed by atoms with Crippen LogP contribution in [0.15, 0.2) is 35.5 Å². The van der Waals surface area contributed by atoms with Crippen molar-refractivity contribution in [1.82, 2.24) is 20.1 Å². The van der Waals surface area contributed by atoms with Gasteiger partial charge in [0.05, 0.1) is 13.3 Å². The molecule has 30 heavy (non-hydrogen) atoms. The molecule has 2 aromatic heterocycles. The smallest absolute Gasteiger partial charge is 0.311 e. The van der Waals surface area contributed by atoms with Gasteiger partial charge in [-0.1, -0.05) is 20.8 Å². The highest BCUT2D eigenvalue weighted by atomic mass is 16.5. The number of carbonyl (C=O) groups is 1. The van der Waals surface area contributed by atoms with Crippen LogP contribution in [-0.2, 0) is 17.9 Å². The Bertz CT molecular complexity index is 947. The molecule has 0 radical (unpaired) electrons. The Balaban J connectivity index is 0.000000234. The van der Waals surface area contributed by atoms with E-state index in [-0.39, 0.29) is 23.9 Å². The zero-order valence-electron chi connectivity index (χ0n) is 18.1. The minimum Gasteiger partial charge on any atom is -0.490 e. The van der Waals surface area contributed by atoms with Gasteiger partial charge >= 0.3 is 5.56 Å². The molecule has 0 aromatic carbocycles. The normalized spacial score (nSPS) is 23.0. The van der Waals surface area contributed by atoms with Gasteiger partial charge in [-0.25, -0.2) is 4.68 Å². The van der Waals surface area contributed by atoms with Crippen LogP contribution in [0.5, 0.6) is 5.75 Å². The van der Waals surface area contributed by atoms with Crippen LogP contribution >= 0.6 is 0 Å². The monoisotopic (exact) mass is 413 g/mol. The average molecular weight is 414 g/mol. The van der Waals surface area contributed by atoms with Crippen LogP contribution in [0.3, 0.4) is 0 Å². The topological polar surface area (TPSA) is 112 Å². The maximum Gasteiger partial charge on any atom is 0.311 e. The number of aromatic nitrogens is 3. The Morgan fingerprint density at radius 1 is 1.33 bits per heavy atom. The van der Waals surface area contributed by atoms with E-state index < -0.39 is 5.56 Å². The van der Waals surface area contributed by atoms with E-state index in [1.165, 1.54) is 32.6 Å². The number of ether oxygens (including phenoxy) is 1. The number of anilines is 1. The van der Waals surface area contributed by atoms with Crippen molar-refractivity contribution < 1.29 is 9.53 Å². The van der Waals surface area contributed by atoms with Gasteiger partial charge in [-0.15, -0.1) is 0 Å². The summed E-state index contributed by atoms with van der Waals surface area (Å²) < 4.78 is 5.89. The lowest BCUT2D eigenvalue weighted by molar-refractivity contribution is -0.172. The van der Waals surface area contributed by atoms with E-state index in [4.69, 9.17) is 10.5 Å². The first-order chi connectivity index (χ1) is 14.2. The van der Waals surface area contributed by atoms with E-state index in [1.54, 1.807) is 24.5 Å². The standard InChI is InChI=1S/C13H15N5O3.C9H16/c1-21-12-10(14)7-17-18(13(12)20)8-11(19)16-6-9-2-4-15-5-3-9;1-8(2)6-9(3)5-4-7(8)9/h2-5,7H,6,8,14H2,1H3,(H,16,19);7H,4-6H2,1-3H3/t;7-,9?/m.0/s1. The van der Waals surface area contributed by atoms with Gasteiger partial charge < -0.3 is 15.8 Å². The van der Waals surface area contributed by atoms with Gasteiger partial charge in [-0.05, 0) is 53.7 Å². The number of nitrogen functional groups attached to an aromatic ring is 1. The molecule has 1 amide bonds. The van der Waals surface area contributed by atoms with Crippen LogP contribution in [0.1, 0.15) is 45.6 Å². The molecule has 2 aromatic rings. The number of amides is 1. The maximum absolute atomic E-state index is 11.9. The van der Waals surface area contributed by atoms with Gasteiger partial charge in [0.1, 0.15) is 12.2 Å². The summed E-state index contributed by atoms with van der Waals surface area (Å²) in [5, 5.41) is 6.50. The van der Waals surface area contributed by atoms with Crippen molar-refractivity contribution in [3.8, 4) is 5.75 Å². The molecule has 0 saturated heterocycles. The summed E-state index contributed by atoms with van der Waals surface area (Å²) in [5.41, 5.74) is 7.56. The molecule has 3 N–H and O–H groups in total. The average Bonchev–Trinajstić information content (AvgIpc) is 2.69. The number of pyridine rings is 1. The Morgan fingerprint density at radius 2 is 2.03 bits per heavy atom. The molecule has 162 valence electrons. The molecule has 2 aliphatic carbocycles. The number of hydrogen-bond acceptors (Lipinski definition) is 6. The van der Waals surface area contributed by atoms with E-state index in [1.807, 2.05) is 0 Å². The Labute approximate surface area is 176 Å². The minimum absolute atomic E-state index is 0.0214. The van der Waals surface area contributed by atoms with Gasteiger partial charge in [0, 0.05) is 18.9 Å². The number of nitrogens with two attached hydrogens (primary N) is 1. The van der Waals surface area contributed by atoms with E-state index in [0.29, 0.717) is 12.0 Å². The predicted molar refractivity (Wildman–Crippen MR) is 115 cm³/mol. The molecule has 2 atom stereocenters. The zero-order chi connectivity index (χ0) is 21.9. The second-order valence-corrected chi connectivity index (χ2v) is 9.14. The summed E-state index contributed by atoms with van der Waals surface area (Å²) in [7, 11) is 1.33. The van der Waals surface area contributed by atoms with Crippen LogP contribution in [-0.4, -0.2) is 27.8 Å². The third kappa shape index (κ3) is 4.47. The SMILES string of the molecule is CC1(C)CC2(C)CC[C@@H]12.COc1c(N)cnn(CC(=O)NCc2ccncc2)c1=O. The van der Waals surface area contributed by atoms with Crippen LogP contribution < -0.4 is 21.3 Å². The number of rotatable bonds is 5. The third-order valence-electron chi connectivity index (χ3n) is 6.41. The first-order valence-electron chi connectivity index (χ1n) is 10.2. The van der Waals surface area contributed by atoms with Crippen molar-refractivity contribution in [3.05, 3.63) is 46.6 Å². The molecule has 4 rings (SSSR count). The Morgan fingerprint density at radius 3 is 2.50 bits per heavy atom. The second-order valence-electron chi connectivity index (χ2n) is 9.14. The molecule has 2 fully saturated rings. The number of nitrogens with one attached hydrogen (secondary N) is 1. The Hall–Kier alpha value is -2.90. The van der Waals surface area contributed by atoms with Crippen molar-refractivity contribution in [2.24, 2.45) is 16.7 Å². The molecule has 8 heteroatoms. The minimum atomic E-state index is -0.545. The summed E-state index contributed by atoms with van der Waals surface area (Å²) in [6.07, 6.45) is 9.03. The van der Waals surface area contributed by atoms with E-state index in [2.05, 4.69) is 36.2 Å². The molecule has 8 nitrogen and oxygen atoms in total. The molecule has 2 saturated carbocycles. The van der Waals surface area contributed by atoms with Gasteiger partial charge in [0.15, 0.2) is 0 Å². The number of nitrogens with zero attached hydrogens (tertiary/aromatic N) is 3. The van der Waals surface area contributed by atoms with Crippen molar-refractivity contribution in [2.75, 3.05) is 12.8 Å². The van der Waals surface area contributed by atoms with Gasteiger partial charge in [0.25, 0.3) is 0 Å².